The molecule has 0 saturated heterocycles. The number of nitrogen functional groups attached to an aromatic ring is 1. The summed E-state index contributed by atoms with van der Waals surface area (Å²) in [4.78, 5) is 14.3. The molecule has 0 aliphatic carbocycles. The number of rotatable bonds is 7. The van der Waals surface area contributed by atoms with E-state index in [0.717, 1.165) is 6.42 Å². The SMILES string of the molecule is CCC(CCO)Nc1nc(NN)nc(N(C)C)n1. The second-order valence-corrected chi connectivity index (χ2v) is 4.08. The molecule has 8 heteroatoms. The van der Waals surface area contributed by atoms with E-state index >= 15 is 0 Å². The van der Waals surface area contributed by atoms with Gasteiger partial charge in [-0.2, -0.15) is 15.0 Å². The van der Waals surface area contributed by atoms with Gasteiger partial charge in [-0.25, -0.2) is 5.84 Å². The second-order valence-electron chi connectivity index (χ2n) is 4.08. The number of hydrazine groups is 1. The standard InChI is InChI=1S/C10H21N7O/c1-4-7(5-6-18)12-8-13-9(16-11)15-10(14-8)17(2)3/h7,18H,4-6,11H2,1-3H3,(H2,12,13,14,15,16). The van der Waals surface area contributed by atoms with Gasteiger partial charge in [0, 0.05) is 26.7 Å². The molecule has 102 valence electrons. The Morgan fingerprint density at radius 1 is 1.28 bits per heavy atom. The highest BCUT2D eigenvalue weighted by molar-refractivity contribution is 5.42. The Morgan fingerprint density at radius 3 is 2.44 bits per heavy atom. The lowest BCUT2D eigenvalue weighted by molar-refractivity contribution is 0.278. The van der Waals surface area contributed by atoms with E-state index in [1.165, 1.54) is 0 Å². The Bertz CT molecular complexity index is 371. The van der Waals surface area contributed by atoms with E-state index in [2.05, 4.69) is 25.7 Å². The van der Waals surface area contributed by atoms with Crippen LogP contribution in [-0.4, -0.2) is 46.8 Å². The molecule has 1 rings (SSSR count). The molecular formula is C10H21N7O. The lowest BCUT2D eigenvalue weighted by Crippen LogP contribution is -2.24. The number of anilines is 3. The van der Waals surface area contributed by atoms with Crippen molar-refractivity contribution in [2.24, 2.45) is 5.84 Å². The Morgan fingerprint density at radius 2 is 1.94 bits per heavy atom. The summed E-state index contributed by atoms with van der Waals surface area (Å²) < 4.78 is 0. The van der Waals surface area contributed by atoms with E-state index in [1.54, 1.807) is 4.90 Å². The summed E-state index contributed by atoms with van der Waals surface area (Å²) in [5, 5.41) is 12.1. The fourth-order valence-corrected chi connectivity index (χ4v) is 1.41. The van der Waals surface area contributed by atoms with Crippen LogP contribution in [0, 0.1) is 0 Å². The number of hydrogen-bond donors (Lipinski definition) is 4. The van der Waals surface area contributed by atoms with Crippen LogP contribution in [0.25, 0.3) is 0 Å². The molecule has 0 saturated carbocycles. The molecule has 0 radical (unpaired) electrons. The van der Waals surface area contributed by atoms with Crippen LogP contribution in [-0.2, 0) is 0 Å². The minimum absolute atomic E-state index is 0.123. The number of aliphatic hydroxyl groups is 1. The number of aromatic nitrogens is 3. The maximum Gasteiger partial charge on any atom is 0.243 e. The molecule has 0 amide bonds. The van der Waals surface area contributed by atoms with Gasteiger partial charge in [-0.15, -0.1) is 0 Å². The summed E-state index contributed by atoms with van der Waals surface area (Å²) in [6.07, 6.45) is 1.51. The Hall–Kier alpha value is -1.67. The summed E-state index contributed by atoms with van der Waals surface area (Å²) >= 11 is 0. The van der Waals surface area contributed by atoms with E-state index in [9.17, 15) is 0 Å². The first-order valence-corrected chi connectivity index (χ1v) is 5.88. The molecule has 0 aromatic carbocycles. The first kappa shape index (κ1) is 14.4. The minimum Gasteiger partial charge on any atom is -0.396 e. The average molecular weight is 255 g/mol. The van der Waals surface area contributed by atoms with Gasteiger partial charge in [0.2, 0.25) is 17.8 Å². The predicted molar refractivity (Wildman–Crippen MR) is 71.4 cm³/mol. The molecule has 18 heavy (non-hydrogen) atoms. The normalized spacial score (nSPS) is 12.1. The monoisotopic (exact) mass is 255 g/mol. The molecule has 0 aliphatic rings. The summed E-state index contributed by atoms with van der Waals surface area (Å²) in [6.45, 7) is 2.16. The van der Waals surface area contributed by atoms with Crippen molar-refractivity contribution >= 4 is 17.8 Å². The number of nitrogens with zero attached hydrogens (tertiary/aromatic N) is 4. The predicted octanol–water partition coefficient (Wildman–Crippen LogP) is -0.204. The molecule has 1 aromatic heterocycles. The number of nitrogens with two attached hydrogens (primary N) is 1. The van der Waals surface area contributed by atoms with Crippen LogP contribution in [0.1, 0.15) is 19.8 Å². The molecule has 0 aliphatic heterocycles. The molecule has 1 heterocycles. The lowest BCUT2D eigenvalue weighted by atomic mass is 10.2. The summed E-state index contributed by atoms with van der Waals surface area (Å²) in [6, 6.07) is 0.123. The van der Waals surface area contributed by atoms with Crippen LogP contribution in [0.3, 0.4) is 0 Å². The topological polar surface area (TPSA) is 112 Å². The Labute approximate surface area is 107 Å². The van der Waals surface area contributed by atoms with Crippen LogP contribution >= 0.6 is 0 Å². The first-order valence-electron chi connectivity index (χ1n) is 5.88. The highest BCUT2D eigenvalue weighted by Gasteiger charge is 2.11. The van der Waals surface area contributed by atoms with Crippen molar-refractivity contribution in [1.82, 2.24) is 15.0 Å². The van der Waals surface area contributed by atoms with Crippen LogP contribution in [0.2, 0.25) is 0 Å². The largest absolute Gasteiger partial charge is 0.396 e. The van der Waals surface area contributed by atoms with Gasteiger partial charge in [-0.1, -0.05) is 6.92 Å². The summed E-state index contributed by atoms with van der Waals surface area (Å²) in [5.74, 6) is 6.58. The molecule has 1 unspecified atom stereocenters. The molecule has 1 atom stereocenters. The van der Waals surface area contributed by atoms with Crippen molar-refractivity contribution in [3.05, 3.63) is 0 Å². The Kier molecular flexibility index (Phi) is 5.53. The second kappa shape index (κ2) is 6.92. The zero-order chi connectivity index (χ0) is 13.5. The van der Waals surface area contributed by atoms with E-state index in [-0.39, 0.29) is 12.6 Å². The van der Waals surface area contributed by atoms with Gasteiger partial charge < -0.3 is 15.3 Å². The highest BCUT2D eigenvalue weighted by Crippen LogP contribution is 2.13. The van der Waals surface area contributed by atoms with Gasteiger partial charge in [0.05, 0.1) is 0 Å². The van der Waals surface area contributed by atoms with Gasteiger partial charge in [0.15, 0.2) is 0 Å². The maximum absolute atomic E-state index is 8.96. The van der Waals surface area contributed by atoms with Gasteiger partial charge >= 0.3 is 0 Å². The number of nitrogens with one attached hydrogen (secondary N) is 2. The fourth-order valence-electron chi connectivity index (χ4n) is 1.41. The Balaban J connectivity index is 2.89. The van der Waals surface area contributed by atoms with Crippen molar-refractivity contribution in [2.45, 2.75) is 25.8 Å². The molecule has 0 spiro atoms. The van der Waals surface area contributed by atoms with Crippen molar-refractivity contribution in [1.29, 1.82) is 0 Å². The molecular weight excluding hydrogens is 234 g/mol. The van der Waals surface area contributed by atoms with Crippen molar-refractivity contribution < 1.29 is 5.11 Å². The van der Waals surface area contributed by atoms with Gasteiger partial charge in [0.25, 0.3) is 0 Å². The zero-order valence-electron chi connectivity index (χ0n) is 11.0. The third kappa shape index (κ3) is 3.97. The molecule has 0 bridgehead atoms. The first-order chi connectivity index (χ1) is 8.60. The van der Waals surface area contributed by atoms with Crippen LogP contribution < -0.4 is 21.5 Å². The molecule has 5 N–H and O–H groups in total. The van der Waals surface area contributed by atoms with Crippen LogP contribution in [0.4, 0.5) is 17.8 Å². The van der Waals surface area contributed by atoms with Gasteiger partial charge in [0.1, 0.15) is 0 Å². The van der Waals surface area contributed by atoms with Crippen molar-refractivity contribution in [3.8, 4) is 0 Å². The van der Waals surface area contributed by atoms with Gasteiger partial charge in [-0.05, 0) is 12.8 Å². The van der Waals surface area contributed by atoms with E-state index in [0.29, 0.717) is 24.3 Å². The van der Waals surface area contributed by atoms with Crippen molar-refractivity contribution in [3.63, 3.8) is 0 Å². The van der Waals surface area contributed by atoms with Crippen LogP contribution in [0.15, 0.2) is 0 Å². The smallest absolute Gasteiger partial charge is 0.243 e. The van der Waals surface area contributed by atoms with Gasteiger partial charge in [-0.3, -0.25) is 5.43 Å². The number of aliphatic hydroxyl groups excluding tert-OH is 1. The average Bonchev–Trinajstić information content (AvgIpc) is 2.37. The van der Waals surface area contributed by atoms with Crippen LogP contribution in [0.5, 0.6) is 0 Å². The maximum atomic E-state index is 8.96. The summed E-state index contributed by atoms with van der Waals surface area (Å²) in [5.41, 5.74) is 2.41. The molecule has 1 aromatic rings. The molecule has 8 nitrogen and oxygen atoms in total. The van der Waals surface area contributed by atoms with E-state index in [1.807, 2.05) is 21.0 Å². The minimum atomic E-state index is 0.123. The van der Waals surface area contributed by atoms with Crippen molar-refractivity contribution in [2.75, 3.05) is 36.3 Å². The summed E-state index contributed by atoms with van der Waals surface area (Å²) in [7, 11) is 3.68. The third-order valence-electron chi connectivity index (χ3n) is 2.46. The lowest BCUT2D eigenvalue weighted by Gasteiger charge is -2.17. The molecule has 0 fully saturated rings. The highest BCUT2D eigenvalue weighted by atomic mass is 16.3. The quantitative estimate of drug-likeness (QED) is 0.391. The zero-order valence-corrected chi connectivity index (χ0v) is 11.0. The van der Waals surface area contributed by atoms with E-state index in [4.69, 9.17) is 10.9 Å². The third-order valence-corrected chi connectivity index (χ3v) is 2.46. The number of hydrogen-bond acceptors (Lipinski definition) is 8. The van der Waals surface area contributed by atoms with E-state index < -0.39 is 0 Å². The fraction of sp³-hybridized carbons (Fsp3) is 0.700.